The van der Waals surface area contributed by atoms with Gasteiger partial charge in [0.15, 0.2) is 0 Å². The molecule has 0 aliphatic carbocycles. The topological polar surface area (TPSA) is 47.3 Å². The van der Waals surface area contributed by atoms with E-state index in [0.29, 0.717) is 0 Å². The van der Waals surface area contributed by atoms with E-state index in [1.54, 1.807) is 25.1 Å². The van der Waals surface area contributed by atoms with E-state index >= 15 is 0 Å². The average molecular weight is 278 g/mol. The second kappa shape index (κ2) is 7.99. The molecule has 0 saturated heterocycles. The smallest absolute Gasteiger partial charge is 0.146 e. The second-order valence-electron chi connectivity index (χ2n) is 4.08. The van der Waals surface area contributed by atoms with Crippen molar-refractivity contribution in [1.82, 2.24) is 10.5 Å². The van der Waals surface area contributed by atoms with Gasteiger partial charge in [-0.2, -0.15) is 0 Å². The highest BCUT2D eigenvalue weighted by Gasteiger charge is 2.00. The van der Waals surface area contributed by atoms with Gasteiger partial charge in [-0.05, 0) is 17.7 Å². The number of rotatable bonds is 8. The van der Waals surface area contributed by atoms with Crippen LogP contribution < -0.4 is 5.32 Å². The largest absolute Gasteiger partial charge is 0.383 e. The van der Waals surface area contributed by atoms with E-state index < -0.39 is 0 Å². The molecule has 1 aromatic heterocycles. The first-order valence-electron chi connectivity index (χ1n) is 6.19. The van der Waals surface area contributed by atoms with Crippen molar-refractivity contribution in [1.29, 1.82) is 0 Å². The van der Waals surface area contributed by atoms with Gasteiger partial charge >= 0.3 is 0 Å². The predicted molar refractivity (Wildman–Crippen MR) is 76.1 cm³/mol. The Balaban J connectivity index is 1.74. The Morgan fingerprint density at radius 3 is 2.79 bits per heavy atom. The van der Waals surface area contributed by atoms with Gasteiger partial charge in [-0.3, -0.25) is 0 Å². The molecule has 0 radical (unpaired) electrons. The fraction of sp³-hybridized carbons (Fsp3) is 0.357. The number of benzene rings is 1. The Bertz CT molecular complexity index is 457. The lowest BCUT2D eigenvalue weighted by atomic mass is 10.2. The van der Waals surface area contributed by atoms with Crippen LogP contribution in [0.25, 0.3) is 0 Å². The van der Waals surface area contributed by atoms with Gasteiger partial charge in [-0.25, -0.2) is 0 Å². The van der Waals surface area contributed by atoms with Crippen LogP contribution >= 0.6 is 11.8 Å². The Labute approximate surface area is 117 Å². The standard InChI is InChI=1S/C14H18N2O2S/c1-17-9-8-15-10-12-2-4-14(5-3-12)19-11-13-6-7-16-18-13/h2-7,15H,8-11H2,1H3. The molecular formula is C14H18N2O2S. The monoisotopic (exact) mass is 278 g/mol. The summed E-state index contributed by atoms with van der Waals surface area (Å²) in [4.78, 5) is 1.23. The number of hydrogen-bond donors (Lipinski definition) is 1. The van der Waals surface area contributed by atoms with Gasteiger partial charge in [-0.15, -0.1) is 11.8 Å². The predicted octanol–water partition coefficient (Wildman–Crippen LogP) is 2.70. The third-order valence-electron chi connectivity index (χ3n) is 2.61. The van der Waals surface area contributed by atoms with Crippen molar-refractivity contribution in [3.05, 3.63) is 47.9 Å². The van der Waals surface area contributed by atoms with Crippen molar-refractivity contribution in [3.63, 3.8) is 0 Å². The van der Waals surface area contributed by atoms with Gasteiger partial charge in [0.2, 0.25) is 0 Å². The number of nitrogens with one attached hydrogen (secondary N) is 1. The van der Waals surface area contributed by atoms with Crippen LogP contribution in [0.3, 0.4) is 0 Å². The maximum absolute atomic E-state index is 5.06. The summed E-state index contributed by atoms with van der Waals surface area (Å²) in [7, 11) is 1.71. The molecule has 4 nitrogen and oxygen atoms in total. The minimum Gasteiger partial charge on any atom is -0.383 e. The Morgan fingerprint density at radius 1 is 1.26 bits per heavy atom. The molecule has 0 unspecified atom stereocenters. The third-order valence-corrected chi connectivity index (χ3v) is 3.64. The SMILES string of the molecule is COCCNCc1ccc(SCc2ccno2)cc1. The van der Waals surface area contributed by atoms with Crippen LogP contribution in [-0.4, -0.2) is 25.4 Å². The van der Waals surface area contributed by atoms with Gasteiger partial charge in [0.05, 0.1) is 18.6 Å². The molecule has 0 amide bonds. The highest BCUT2D eigenvalue weighted by Crippen LogP contribution is 2.22. The zero-order valence-corrected chi connectivity index (χ0v) is 11.8. The average Bonchev–Trinajstić information content (AvgIpc) is 2.96. The second-order valence-corrected chi connectivity index (χ2v) is 5.13. The summed E-state index contributed by atoms with van der Waals surface area (Å²) in [6, 6.07) is 10.4. The zero-order valence-electron chi connectivity index (χ0n) is 11.0. The molecule has 102 valence electrons. The number of aromatic nitrogens is 1. The lowest BCUT2D eigenvalue weighted by Crippen LogP contribution is -2.18. The van der Waals surface area contributed by atoms with Crippen molar-refractivity contribution in [2.45, 2.75) is 17.2 Å². The summed E-state index contributed by atoms with van der Waals surface area (Å²) < 4.78 is 10.0. The number of methoxy groups -OCH3 is 1. The van der Waals surface area contributed by atoms with E-state index in [1.807, 2.05) is 6.07 Å². The Morgan fingerprint density at radius 2 is 2.11 bits per heavy atom. The van der Waals surface area contributed by atoms with Crippen molar-refractivity contribution in [2.24, 2.45) is 0 Å². The molecule has 5 heteroatoms. The van der Waals surface area contributed by atoms with E-state index in [2.05, 4.69) is 34.7 Å². The van der Waals surface area contributed by atoms with Gasteiger partial charge in [0.25, 0.3) is 0 Å². The van der Waals surface area contributed by atoms with E-state index in [-0.39, 0.29) is 0 Å². The molecule has 1 aromatic carbocycles. The summed E-state index contributed by atoms with van der Waals surface area (Å²) in [5, 5.41) is 7.01. The summed E-state index contributed by atoms with van der Waals surface area (Å²) in [5.41, 5.74) is 1.28. The van der Waals surface area contributed by atoms with E-state index in [4.69, 9.17) is 9.26 Å². The van der Waals surface area contributed by atoms with Crippen LogP contribution in [0.4, 0.5) is 0 Å². The molecule has 0 saturated carbocycles. The van der Waals surface area contributed by atoms with Crippen LogP contribution in [-0.2, 0) is 17.0 Å². The maximum Gasteiger partial charge on any atom is 0.146 e. The van der Waals surface area contributed by atoms with Crippen molar-refractivity contribution >= 4 is 11.8 Å². The van der Waals surface area contributed by atoms with Crippen LogP contribution in [0.15, 0.2) is 45.9 Å². The molecular weight excluding hydrogens is 260 g/mol. The highest BCUT2D eigenvalue weighted by atomic mass is 32.2. The molecule has 0 aliphatic heterocycles. The first-order chi connectivity index (χ1) is 9.38. The normalized spacial score (nSPS) is 10.8. The van der Waals surface area contributed by atoms with Gasteiger partial charge < -0.3 is 14.6 Å². The Kier molecular flexibility index (Phi) is 5.94. The molecule has 1 N–H and O–H groups in total. The minimum absolute atomic E-state index is 0.741. The highest BCUT2D eigenvalue weighted by molar-refractivity contribution is 7.98. The fourth-order valence-corrected chi connectivity index (χ4v) is 2.37. The number of ether oxygens (including phenoxy) is 1. The first-order valence-corrected chi connectivity index (χ1v) is 7.18. The molecule has 0 bridgehead atoms. The maximum atomic E-state index is 5.06. The molecule has 19 heavy (non-hydrogen) atoms. The van der Waals surface area contributed by atoms with Crippen molar-refractivity contribution in [2.75, 3.05) is 20.3 Å². The molecule has 2 aromatic rings. The minimum atomic E-state index is 0.741. The van der Waals surface area contributed by atoms with E-state index in [0.717, 1.165) is 31.2 Å². The lowest BCUT2D eigenvalue weighted by molar-refractivity contribution is 0.199. The van der Waals surface area contributed by atoms with Gasteiger partial charge in [0, 0.05) is 31.2 Å². The third kappa shape index (κ3) is 5.06. The first kappa shape index (κ1) is 14.1. The fourth-order valence-electron chi connectivity index (χ4n) is 1.58. The molecule has 0 atom stereocenters. The lowest BCUT2D eigenvalue weighted by Gasteiger charge is -2.05. The Hall–Kier alpha value is -1.30. The van der Waals surface area contributed by atoms with Crippen molar-refractivity contribution in [3.8, 4) is 0 Å². The zero-order chi connectivity index (χ0) is 13.3. The van der Waals surface area contributed by atoms with Crippen LogP contribution in [0.1, 0.15) is 11.3 Å². The number of thioether (sulfide) groups is 1. The van der Waals surface area contributed by atoms with Crippen molar-refractivity contribution < 1.29 is 9.26 Å². The molecule has 2 rings (SSSR count). The van der Waals surface area contributed by atoms with E-state index in [9.17, 15) is 0 Å². The van der Waals surface area contributed by atoms with Gasteiger partial charge in [-0.1, -0.05) is 17.3 Å². The van der Waals surface area contributed by atoms with Gasteiger partial charge in [0.1, 0.15) is 5.76 Å². The number of hydrogen-bond acceptors (Lipinski definition) is 5. The van der Waals surface area contributed by atoms with E-state index in [1.165, 1.54) is 10.5 Å². The quantitative estimate of drug-likeness (QED) is 0.594. The van der Waals surface area contributed by atoms with Crippen LogP contribution in [0.2, 0.25) is 0 Å². The molecule has 0 spiro atoms. The summed E-state index contributed by atoms with van der Waals surface area (Å²) >= 11 is 1.74. The van der Waals surface area contributed by atoms with Crippen LogP contribution in [0.5, 0.6) is 0 Å². The molecule has 1 heterocycles. The molecule has 0 fully saturated rings. The molecule has 0 aliphatic rings. The van der Waals surface area contributed by atoms with Crippen LogP contribution in [0, 0.1) is 0 Å². The summed E-state index contributed by atoms with van der Waals surface area (Å²) in [6.07, 6.45) is 1.67. The summed E-state index contributed by atoms with van der Waals surface area (Å²) in [5.74, 6) is 1.71. The number of nitrogens with zero attached hydrogens (tertiary/aromatic N) is 1. The summed E-state index contributed by atoms with van der Waals surface area (Å²) in [6.45, 7) is 2.49.